The second-order valence-electron chi connectivity index (χ2n) is 6.57. The first-order valence-corrected chi connectivity index (χ1v) is 9.07. The third-order valence-corrected chi connectivity index (χ3v) is 5.12. The molecule has 0 aliphatic carbocycles. The number of nitrogens with zero attached hydrogens (tertiary/aromatic N) is 2. The Bertz CT molecular complexity index is 915. The second-order valence-corrected chi connectivity index (χ2v) is 6.96. The van der Waals surface area contributed by atoms with E-state index < -0.39 is 0 Å². The molecule has 0 saturated heterocycles. The molecule has 2 aromatic carbocycles. The number of nitrogens with one attached hydrogen (secondary N) is 1. The molecule has 0 saturated carbocycles. The summed E-state index contributed by atoms with van der Waals surface area (Å²) in [5.41, 5.74) is 4.37. The van der Waals surface area contributed by atoms with Gasteiger partial charge in [0.25, 0.3) is 0 Å². The van der Waals surface area contributed by atoms with Crippen molar-refractivity contribution in [2.75, 3.05) is 11.9 Å². The minimum atomic E-state index is -0.230. The molecule has 2 heterocycles. The van der Waals surface area contributed by atoms with Crippen molar-refractivity contribution < 1.29 is 4.39 Å². The zero-order valence-electron chi connectivity index (χ0n) is 14.5. The molecule has 4 rings (SSSR count). The molecular formula is C21H20FN3S. The molecule has 1 N–H and O–H groups in total. The van der Waals surface area contributed by atoms with Gasteiger partial charge in [-0.15, -0.1) is 0 Å². The van der Waals surface area contributed by atoms with Crippen LogP contribution in [0.4, 0.5) is 10.1 Å². The minimum absolute atomic E-state index is 0.0372. The number of halogens is 1. The third kappa shape index (κ3) is 3.22. The lowest BCUT2D eigenvalue weighted by Gasteiger charge is -2.39. The van der Waals surface area contributed by atoms with Crippen molar-refractivity contribution >= 4 is 23.0 Å². The van der Waals surface area contributed by atoms with Crippen molar-refractivity contribution in [2.24, 2.45) is 0 Å². The summed E-state index contributed by atoms with van der Waals surface area (Å²) in [6.07, 6.45) is 2.08. The van der Waals surface area contributed by atoms with Gasteiger partial charge < -0.3 is 14.8 Å². The van der Waals surface area contributed by atoms with Gasteiger partial charge in [-0.05, 0) is 61.1 Å². The average Bonchev–Trinajstić information content (AvgIpc) is 3.12. The fourth-order valence-electron chi connectivity index (χ4n) is 3.43. The molecule has 1 aliphatic heterocycles. The van der Waals surface area contributed by atoms with Gasteiger partial charge in [0, 0.05) is 30.7 Å². The summed E-state index contributed by atoms with van der Waals surface area (Å²) in [7, 11) is 0. The van der Waals surface area contributed by atoms with Crippen molar-refractivity contribution in [3.05, 3.63) is 89.5 Å². The lowest BCUT2D eigenvalue weighted by atomic mass is 10.0. The van der Waals surface area contributed by atoms with Crippen LogP contribution in [0.1, 0.15) is 22.9 Å². The van der Waals surface area contributed by atoms with E-state index in [4.69, 9.17) is 12.2 Å². The van der Waals surface area contributed by atoms with Gasteiger partial charge in [0.05, 0.1) is 6.04 Å². The highest BCUT2D eigenvalue weighted by atomic mass is 32.1. The van der Waals surface area contributed by atoms with E-state index in [1.165, 1.54) is 17.7 Å². The first-order chi connectivity index (χ1) is 12.6. The van der Waals surface area contributed by atoms with Gasteiger partial charge in [0.1, 0.15) is 5.82 Å². The molecular weight excluding hydrogens is 345 g/mol. The Morgan fingerprint density at radius 2 is 1.77 bits per heavy atom. The molecule has 0 bridgehead atoms. The minimum Gasteiger partial charge on any atom is -0.348 e. The molecule has 3 aromatic rings. The summed E-state index contributed by atoms with van der Waals surface area (Å²) >= 11 is 5.73. The van der Waals surface area contributed by atoms with E-state index >= 15 is 0 Å². The summed E-state index contributed by atoms with van der Waals surface area (Å²) in [5, 5.41) is 4.02. The van der Waals surface area contributed by atoms with Gasteiger partial charge in [0.2, 0.25) is 0 Å². The summed E-state index contributed by atoms with van der Waals surface area (Å²) in [6, 6.07) is 19.0. The molecule has 5 heteroatoms. The number of benzene rings is 2. The Morgan fingerprint density at radius 1 is 1.04 bits per heavy atom. The number of aromatic nitrogens is 1. The topological polar surface area (TPSA) is 20.2 Å². The number of rotatable bonds is 2. The molecule has 132 valence electrons. The summed E-state index contributed by atoms with van der Waals surface area (Å²) in [5.74, 6) is -0.230. The van der Waals surface area contributed by atoms with Crippen molar-refractivity contribution in [3.63, 3.8) is 0 Å². The number of thiocarbonyl (C=S) groups is 1. The van der Waals surface area contributed by atoms with Crippen LogP contribution < -0.4 is 5.32 Å². The van der Waals surface area contributed by atoms with Crippen LogP contribution in [0, 0.1) is 12.7 Å². The zero-order valence-corrected chi connectivity index (χ0v) is 15.3. The van der Waals surface area contributed by atoms with E-state index in [0.29, 0.717) is 5.11 Å². The van der Waals surface area contributed by atoms with Crippen LogP contribution in [0.25, 0.3) is 0 Å². The fourth-order valence-corrected chi connectivity index (χ4v) is 3.74. The van der Waals surface area contributed by atoms with Crippen LogP contribution in [0.15, 0.2) is 66.9 Å². The van der Waals surface area contributed by atoms with Crippen LogP contribution in [0.3, 0.4) is 0 Å². The highest BCUT2D eigenvalue weighted by molar-refractivity contribution is 7.80. The van der Waals surface area contributed by atoms with E-state index in [9.17, 15) is 4.39 Å². The molecule has 0 spiro atoms. The molecule has 26 heavy (non-hydrogen) atoms. The van der Waals surface area contributed by atoms with Crippen LogP contribution in [0.2, 0.25) is 0 Å². The SMILES string of the molecule is Cc1ccc(NC(=S)N2CCn3cccc3C2c2ccc(F)cc2)cc1. The second kappa shape index (κ2) is 6.92. The van der Waals surface area contributed by atoms with E-state index in [0.717, 1.165) is 30.0 Å². The van der Waals surface area contributed by atoms with Gasteiger partial charge in [-0.3, -0.25) is 0 Å². The van der Waals surface area contributed by atoms with Gasteiger partial charge >= 0.3 is 0 Å². The van der Waals surface area contributed by atoms with Gasteiger partial charge in [-0.2, -0.15) is 0 Å². The van der Waals surface area contributed by atoms with Gasteiger partial charge in [-0.1, -0.05) is 29.8 Å². The predicted octanol–water partition coefficient (Wildman–Crippen LogP) is 4.74. The molecule has 0 radical (unpaired) electrons. The van der Waals surface area contributed by atoms with Crippen LogP contribution in [0.5, 0.6) is 0 Å². The average molecular weight is 365 g/mol. The third-order valence-electron chi connectivity index (χ3n) is 4.79. The van der Waals surface area contributed by atoms with Crippen molar-refractivity contribution in [2.45, 2.75) is 19.5 Å². The van der Waals surface area contributed by atoms with E-state index in [1.807, 2.05) is 30.3 Å². The van der Waals surface area contributed by atoms with E-state index in [1.54, 1.807) is 0 Å². The van der Waals surface area contributed by atoms with Crippen LogP contribution >= 0.6 is 12.2 Å². The summed E-state index contributed by atoms with van der Waals surface area (Å²) in [4.78, 5) is 2.18. The quantitative estimate of drug-likeness (QED) is 0.663. The van der Waals surface area contributed by atoms with Gasteiger partial charge in [0.15, 0.2) is 5.11 Å². The molecule has 0 fully saturated rings. The normalized spacial score (nSPS) is 16.2. The van der Waals surface area contributed by atoms with Crippen molar-refractivity contribution in [1.29, 1.82) is 0 Å². The maximum atomic E-state index is 13.4. The number of hydrogen-bond donors (Lipinski definition) is 1. The molecule has 1 aliphatic rings. The Kier molecular flexibility index (Phi) is 4.47. The van der Waals surface area contributed by atoms with E-state index in [2.05, 4.69) is 46.1 Å². The molecule has 1 aromatic heterocycles. The Hall–Kier alpha value is -2.66. The smallest absolute Gasteiger partial charge is 0.174 e. The Balaban J connectivity index is 1.66. The molecule has 0 amide bonds. The number of hydrogen-bond acceptors (Lipinski definition) is 1. The van der Waals surface area contributed by atoms with Crippen LogP contribution in [-0.4, -0.2) is 21.1 Å². The van der Waals surface area contributed by atoms with E-state index in [-0.39, 0.29) is 11.9 Å². The molecule has 1 unspecified atom stereocenters. The largest absolute Gasteiger partial charge is 0.348 e. The molecule has 3 nitrogen and oxygen atoms in total. The first kappa shape index (κ1) is 16.8. The highest BCUT2D eigenvalue weighted by Crippen LogP contribution is 2.33. The lowest BCUT2D eigenvalue weighted by molar-refractivity contribution is 0.293. The number of fused-ring (bicyclic) bond motifs is 1. The standard InChI is InChI=1S/C21H20FN3S/c1-15-4-10-18(11-5-15)23-21(26)25-14-13-24-12-2-3-19(24)20(25)16-6-8-17(22)9-7-16/h2-12,20H,13-14H2,1H3,(H,23,26). The van der Waals surface area contributed by atoms with Crippen molar-refractivity contribution in [3.8, 4) is 0 Å². The summed E-state index contributed by atoms with van der Waals surface area (Å²) < 4.78 is 15.6. The maximum absolute atomic E-state index is 13.4. The lowest BCUT2D eigenvalue weighted by Crippen LogP contribution is -2.44. The zero-order chi connectivity index (χ0) is 18.1. The Labute approximate surface area is 158 Å². The monoisotopic (exact) mass is 365 g/mol. The van der Waals surface area contributed by atoms with Gasteiger partial charge in [-0.25, -0.2) is 4.39 Å². The fraction of sp³-hybridized carbons (Fsp3) is 0.190. The Morgan fingerprint density at radius 3 is 2.50 bits per heavy atom. The maximum Gasteiger partial charge on any atom is 0.174 e. The van der Waals surface area contributed by atoms with Crippen molar-refractivity contribution in [1.82, 2.24) is 9.47 Å². The molecule has 1 atom stereocenters. The predicted molar refractivity (Wildman–Crippen MR) is 107 cm³/mol. The van der Waals surface area contributed by atoms with Crippen LogP contribution in [-0.2, 0) is 6.54 Å². The number of anilines is 1. The summed E-state index contributed by atoms with van der Waals surface area (Å²) in [6.45, 7) is 3.72. The highest BCUT2D eigenvalue weighted by Gasteiger charge is 2.30. The number of aryl methyl sites for hydroxylation is 1. The first-order valence-electron chi connectivity index (χ1n) is 8.66.